The largest absolute Gasteiger partial charge is 0.376 e. The third kappa shape index (κ3) is 3.06. The van der Waals surface area contributed by atoms with E-state index >= 15 is 0 Å². The van der Waals surface area contributed by atoms with Gasteiger partial charge in [-0.05, 0) is 32.6 Å². The van der Waals surface area contributed by atoms with Crippen molar-refractivity contribution < 1.29 is 9.26 Å². The Morgan fingerprint density at radius 1 is 1.29 bits per heavy atom. The molecule has 2 aromatic rings. The Hall–Kier alpha value is -2.22. The number of nitrogens with one attached hydrogen (secondary N) is 1. The number of anilines is 1. The Kier molecular flexibility index (Phi) is 4.05. The SMILES string of the molecule is Cc1noc(NC2CCC(n3nc4c(cc3=O)COCC4)CC2)n1. The van der Waals surface area contributed by atoms with Crippen LogP contribution in [0.5, 0.6) is 0 Å². The zero-order valence-electron chi connectivity index (χ0n) is 13.7. The lowest BCUT2D eigenvalue weighted by Crippen LogP contribution is -2.35. The Balaban J connectivity index is 1.43. The molecular weight excluding hydrogens is 310 g/mol. The first-order valence-corrected chi connectivity index (χ1v) is 8.45. The Bertz CT molecular complexity index is 776. The smallest absolute Gasteiger partial charge is 0.321 e. The molecule has 0 bridgehead atoms. The fraction of sp³-hybridized carbons (Fsp3) is 0.625. The summed E-state index contributed by atoms with van der Waals surface area (Å²) in [5, 5.41) is 11.7. The van der Waals surface area contributed by atoms with E-state index in [1.54, 1.807) is 17.7 Å². The number of ether oxygens (including phenoxy) is 1. The number of hydrogen-bond donors (Lipinski definition) is 1. The Morgan fingerprint density at radius 3 is 2.88 bits per heavy atom. The van der Waals surface area contributed by atoms with Crippen molar-refractivity contribution in [1.29, 1.82) is 0 Å². The average molecular weight is 331 g/mol. The van der Waals surface area contributed by atoms with Gasteiger partial charge in [0.15, 0.2) is 5.82 Å². The van der Waals surface area contributed by atoms with E-state index in [0.717, 1.165) is 43.4 Å². The maximum Gasteiger partial charge on any atom is 0.321 e. The summed E-state index contributed by atoms with van der Waals surface area (Å²) in [5.41, 5.74) is 1.91. The normalized spacial score (nSPS) is 23.7. The topological polar surface area (TPSA) is 95.1 Å². The van der Waals surface area contributed by atoms with Crippen molar-refractivity contribution >= 4 is 6.01 Å². The first-order valence-electron chi connectivity index (χ1n) is 8.45. The Morgan fingerprint density at radius 2 is 2.12 bits per heavy atom. The van der Waals surface area contributed by atoms with Crippen LogP contribution in [0.3, 0.4) is 0 Å². The lowest BCUT2D eigenvalue weighted by atomic mass is 9.91. The van der Waals surface area contributed by atoms with Crippen LogP contribution in [0.15, 0.2) is 15.4 Å². The standard InChI is InChI=1S/C16H21N5O3/c1-10-17-16(24-20-10)18-12-2-4-13(5-3-12)21-15(22)8-11-9-23-7-6-14(11)19-21/h8,12-13H,2-7,9H2,1H3,(H,17,18,20). The van der Waals surface area contributed by atoms with E-state index in [0.29, 0.717) is 31.1 Å². The van der Waals surface area contributed by atoms with Gasteiger partial charge in [0, 0.05) is 24.1 Å². The molecule has 8 nitrogen and oxygen atoms in total. The van der Waals surface area contributed by atoms with Crippen molar-refractivity contribution in [2.75, 3.05) is 11.9 Å². The zero-order chi connectivity index (χ0) is 16.5. The molecule has 2 aliphatic rings. The van der Waals surface area contributed by atoms with Gasteiger partial charge in [-0.3, -0.25) is 4.79 Å². The predicted octanol–water partition coefficient (Wildman–Crippen LogP) is 1.60. The molecule has 2 aromatic heterocycles. The molecule has 1 aliphatic heterocycles. The molecule has 8 heteroatoms. The van der Waals surface area contributed by atoms with Crippen LogP contribution in [-0.4, -0.2) is 32.6 Å². The summed E-state index contributed by atoms with van der Waals surface area (Å²) in [6.07, 6.45) is 4.49. The minimum Gasteiger partial charge on any atom is -0.376 e. The first-order chi connectivity index (χ1) is 11.7. The highest BCUT2D eigenvalue weighted by Crippen LogP contribution is 2.29. The van der Waals surface area contributed by atoms with E-state index < -0.39 is 0 Å². The second-order valence-electron chi connectivity index (χ2n) is 6.50. The summed E-state index contributed by atoms with van der Waals surface area (Å²) in [6, 6.07) is 2.61. The zero-order valence-corrected chi connectivity index (χ0v) is 13.7. The second kappa shape index (κ2) is 6.35. The van der Waals surface area contributed by atoms with E-state index in [1.807, 2.05) is 0 Å². The fourth-order valence-corrected chi connectivity index (χ4v) is 3.49. The van der Waals surface area contributed by atoms with Gasteiger partial charge in [0.05, 0.1) is 24.9 Å². The summed E-state index contributed by atoms with van der Waals surface area (Å²) in [6.45, 7) is 2.97. The molecule has 0 aromatic carbocycles. The molecule has 4 rings (SSSR count). The van der Waals surface area contributed by atoms with Gasteiger partial charge in [-0.25, -0.2) is 4.68 Å². The van der Waals surface area contributed by atoms with Crippen LogP contribution in [0.1, 0.15) is 48.8 Å². The molecule has 24 heavy (non-hydrogen) atoms. The summed E-state index contributed by atoms with van der Waals surface area (Å²) >= 11 is 0. The molecule has 0 unspecified atom stereocenters. The summed E-state index contributed by atoms with van der Waals surface area (Å²) < 4.78 is 12.2. The van der Waals surface area contributed by atoms with Crippen LogP contribution in [0.4, 0.5) is 6.01 Å². The molecule has 1 saturated carbocycles. The number of hydrogen-bond acceptors (Lipinski definition) is 7. The van der Waals surface area contributed by atoms with Crippen molar-refractivity contribution in [2.24, 2.45) is 0 Å². The molecule has 0 atom stereocenters. The summed E-state index contributed by atoms with van der Waals surface area (Å²) in [4.78, 5) is 16.5. The van der Waals surface area contributed by atoms with Crippen LogP contribution in [0.2, 0.25) is 0 Å². The van der Waals surface area contributed by atoms with E-state index in [4.69, 9.17) is 9.26 Å². The van der Waals surface area contributed by atoms with Crippen molar-refractivity contribution in [3.63, 3.8) is 0 Å². The molecule has 3 heterocycles. The molecule has 1 N–H and O–H groups in total. The van der Waals surface area contributed by atoms with E-state index in [9.17, 15) is 4.79 Å². The number of nitrogens with zero attached hydrogens (tertiary/aromatic N) is 4. The number of fused-ring (bicyclic) bond motifs is 1. The monoisotopic (exact) mass is 331 g/mol. The van der Waals surface area contributed by atoms with E-state index in [-0.39, 0.29) is 11.6 Å². The minimum absolute atomic E-state index is 0.0248. The highest BCUT2D eigenvalue weighted by molar-refractivity contribution is 5.21. The van der Waals surface area contributed by atoms with Crippen LogP contribution < -0.4 is 10.9 Å². The lowest BCUT2D eigenvalue weighted by molar-refractivity contribution is 0.107. The maximum atomic E-state index is 12.4. The van der Waals surface area contributed by atoms with Crippen LogP contribution in [0, 0.1) is 6.92 Å². The molecule has 0 radical (unpaired) electrons. The third-order valence-electron chi connectivity index (χ3n) is 4.76. The average Bonchev–Trinajstić information content (AvgIpc) is 3.00. The number of aromatic nitrogens is 4. The van der Waals surface area contributed by atoms with Gasteiger partial charge >= 0.3 is 6.01 Å². The van der Waals surface area contributed by atoms with Gasteiger partial charge in [0.1, 0.15) is 0 Å². The molecule has 0 amide bonds. The third-order valence-corrected chi connectivity index (χ3v) is 4.76. The summed E-state index contributed by atoms with van der Waals surface area (Å²) in [5.74, 6) is 0.625. The van der Waals surface area contributed by atoms with Crippen molar-refractivity contribution in [2.45, 2.75) is 57.7 Å². The van der Waals surface area contributed by atoms with Gasteiger partial charge in [-0.1, -0.05) is 5.16 Å². The van der Waals surface area contributed by atoms with Gasteiger partial charge in [-0.15, -0.1) is 0 Å². The highest BCUT2D eigenvalue weighted by Gasteiger charge is 2.26. The molecule has 0 spiro atoms. The minimum atomic E-state index is -0.0248. The van der Waals surface area contributed by atoms with Crippen LogP contribution in [-0.2, 0) is 17.8 Å². The van der Waals surface area contributed by atoms with Crippen molar-refractivity contribution in [3.8, 4) is 0 Å². The highest BCUT2D eigenvalue weighted by atomic mass is 16.5. The molecule has 1 fully saturated rings. The molecule has 0 saturated heterocycles. The van der Waals surface area contributed by atoms with Gasteiger partial charge in [0.25, 0.3) is 5.56 Å². The van der Waals surface area contributed by atoms with Crippen molar-refractivity contribution in [1.82, 2.24) is 19.9 Å². The molecular formula is C16H21N5O3. The number of rotatable bonds is 3. The number of aryl methyl sites for hydroxylation is 1. The maximum absolute atomic E-state index is 12.4. The first kappa shape index (κ1) is 15.3. The molecule has 128 valence electrons. The summed E-state index contributed by atoms with van der Waals surface area (Å²) in [7, 11) is 0. The van der Waals surface area contributed by atoms with Crippen LogP contribution in [0.25, 0.3) is 0 Å². The van der Waals surface area contributed by atoms with Gasteiger partial charge in [-0.2, -0.15) is 10.1 Å². The predicted molar refractivity (Wildman–Crippen MR) is 85.8 cm³/mol. The van der Waals surface area contributed by atoms with Gasteiger partial charge < -0.3 is 14.6 Å². The molecule has 1 aliphatic carbocycles. The van der Waals surface area contributed by atoms with E-state index in [2.05, 4.69) is 20.6 Å². The van der Waals surface area contributed by atoms with E-state index in [1.165, 1.54) is 0 Å². The van der Waals surface area contributed by atoms with Crippen molar-refractivity contribution in [3.05, 3.63) is 33.5 Å². The fourth-order valence-electron chi connectivity index (χ4n) is 3.49. The van der Waals surface area contributed by atoms with Crippen LogP contribution >= 0.6 is 0 Å². The second-order valence-corrected chi connectivity index (χ2v) is 6.50. The van der Waals surface area contributed by atoms with Gasteiger partial charge in [0.2, 0.25) is 0 Å². The lowest BCUT2D eigenvalue weighted by Gasteiger charge is -2.29. The quantitative estimate of drug-likeness (QED) is 0.912. The Labute approximate surface area is 139 Å².